The minimum absolute atomic E-state index is 0.363. The zero-order valence-electron chi connectivity index (χ0n) is 10.1. The Morgan fingerprint density at radius 1 is 1.56 bits per heavy atom. The summed E-state index contributed by atoms with van der Waals surface area (Å²) in [4.78, 5) is 0. The van der Waals surface area contributed by atoms with Crippen LogP contribution in [0.4, 0.5) is 0 Å². The van der Waals surface area contributed by atoms with Crippen LogP contribution in [0, 0.1) is 0 Å². The Hall–Kier alpha value is -0.840. The highest BCUT2D eigenvalue weighted by Crippen LogP contribution is 2.00. The molecule has 92 valence electrons. The van der Waals surface area contributed by atoms with Crippen molar-refractivity contribution in [3.05, 3.63) is 24.0 Å². The van der Waals surface area contributed by atoms with Crippen LogP contribution in [-0.4, -0.2) is 36.0 Å². The molecule has 4 nitrogen and oxygen atoms in total. The molecule has 0 bridgehead atoms. The quantitative estimate of drug-likeness (QED) is 0.650. The highest BCUT2D eigenvalue weighted by molar-refractivity contribution is 5.09. The molecule has 0 aliphatic heterocycles. The fourth-order valence-corrected chi connectivity index (χ4v) is 1.57. The van der Waals surface area contributed by atoms with Crippen molar-refractivity contribution in [1.29, 1.82) is 0 Å². The van der Waals surface area contributed by atoms with Crippen molar-refractivity contribution >= 4 is 0 Å². The molecule has 1 heterocycles. The molecule has 0 spiro atoms. The number of aryl methyl sites for hydroxylation is 1. The molecule has 2 N–H and O–H groups in total. The van der Waals surface area contributed by atoms with E-state index in [4.69, 9.17) is 4.74 Å². The summed E-state index contributed by atoms with van der Waals surface area (Å²) in [6.45, 7) is 5.20. The van der Waals surface area contributed by atoms with Gasteiger partial charge in [0, 0.05) is 32.6 Å². The maximum Gasteiger partial charge on any atom is 0.0785 e. The van der Waals surface area contributed by atoms with E-state index >= 15 is 0 Å². The number of aliphatic hydroxyl groups excluding tert-OH is 1. The van der Waals surface area contributed by atoms with Gasteiger partial charge in [-0.2, -0.15) is 0 Å². The molecule has 0 aliphatic carbocycles. The summed E-state index contributed by atoms with van der Waals surface area (Å²) in [6.07, 6.45) is 4.58. The summed E-state index contributed by atoms with van der Waals surface area (Å²) >= 11 is 0. The molecule has 16 heavy (non-hydrogen) atoms. The lowest BCUT2D eigenvalue weighted by Crippen LogP contribution is -2.22. The maximum absolute atomic E-state index is 9.42. The molecule has 0 saturated carbocycles. The molecule has 1 aromatic heterocycles. The first kappa shape index (κ1) is 13.2. The minimum atomic E-state index is -0.363. The predicted molar refractivity (Wildman–Crippen MR) is 64.3 cm³/mol. The molecule has 1 rings (SSSR count). The first-order valence-corrected chi connectivity index (χ1v) is 5.78. The van der Waals surface area contributed by atoms with Crippen molar-refractivity contribution in [3.63, 3.8) is 0 Å². The van der Waals surface area contributed by atoms with Crippen molar-refractivity contribution in [3.8, 4) is 0 Å². The number of ether oxygens (including phenoxy) is 1. The molecule has 0 saturated heterocycles. The van der Waals surface area contributed by atoms with Gasteiger partial charge < -0.3 is 19.7 Å². The van der Waals surface area contributed by atoms with Crippen molar-refractivity contribution in [2.24, 2.45) is 0 Å². The number of hydrogen-bond acceptors (Lipinski definition) is 3. The first-order valence-electron chi connectivity index (χ1n) is 5.78. The number of methoxy groups -OCH3 is 1. The fraction of sp³-hybridized carbons (Fsp3) is 0.667. The van der Waals surface area contributed by atoms with Gasteiger partial charge in [-0.3, -0.25) is 0 Å². The molecule has 0 fully saturated rings. The normalized spacial score (nSPS) is 12.9. The van der Waals surface area contributed by atoms with E-state index in [1.54, 1.807) is 7.11 Å². The summed E-state index contributed by atoms with van der Waals surface area (Å²) in [5, 5.41) is 12.7. The van der Waals surface area contributed by atoms with E-state index in [2.05, 4.69) is 35.3 Å². The SMILES string of the molecule is CCn1ccc(CNCCC(O)COC)c1. The Kier molecular flexibility index (Phi) is 6.15. The predicted octanol–water partition coefficient (Wildman–Crippen LogP) is 0.995. The number of hydrogen-bond donors (Lipinski definition) is 2. The Bertz CT molecular complexity index is 286. The van der Waals surface area contributed by atoms with Crippen molar-refractivity contribution in [2.75, 3.05) is 20.3 Å². The summed E-state index contributed by atoms with van der Waals surface area (Å²) in [6, 6.07) is 2.11. The molecule has 1 unspecified atom stereocenters. The fourth-order valence-electron chi connectivity index (χ4n) is 1.57. The average Bonchev–Trinajstić information content (AvgIpc) is 2.73. The van der Waals surface area contributed by atoms with Crippen LogP contribution in [0.1, 0.15) is 18.9 Å². The van der Waals surface area contributed by atoms with Crippen LogP contribution >= 0.6 is 0 Å². The molecule has 0 radical (unpaired) electrons. The van der Waals surface area contributed by atoms with Crippen LogP contribution in [0.25, 0.3) is 0 Å². The minimum Gasteiger partial charge on any atom is -0.391 e. The Morgan fingerprint density at radius 2 is 2.38 bits per heavy atom. The summed E-state index contributed by atoms with van der Waals surface area (Å²) in [5.74, 6) is 0. The zero-order valence-corrected chi connectivity index (χ0v) is 10.1. The summed E-state index contributed by atoms with van der Waals surface area (Å²) < 4.78 is 7.01. The maximum atomic E-state index is 9.42. The van der Waals surface area contributed by atoms with Gasteiger partial charge in [-0.05, 0) is 31.5 Å². The molecular formula is C12H22N2O2. The van der Waals surface area contributed by atoms with Crippen LogP contribution in [0.15, 0.2) is 18.5 Å². The van der Waals surface area contributed by atoms with Crippen LogP contribution < -0.4 is 5.32 Å². The molecule has 1 atom stereocenters. The lowest BCUT2D eigenvalue weighted by molar-refractivity contribution is 0.0594. The van der Waals surface area contributed by atoms with Gasteiger partial charge in [0.05, 0.1) is 12.7 Å². The summed E-state index contributed by atoms with van der Waals surface area (Å²) in [7, 11) is 1.60. The first-order chi connectivity index (χ1) is 7.76. The number of rotatable bonds is 8. The van der Waals surface area contributed by atoms with E-state index in [-0.39, 0.29) is 6.10 Å². The lowest BCUT2D eigenvalue weighted by Gasteiger charge is -2.09. The van der Waals surface area contributed by atoms with Crippen molar-refractivity contribution < 1.29 is 9.84 Å². The van der Waals surface area contributed by atoms with Crippen LogP contribution in [-0.2, 0) is 17.8 Å². The van der Waals surface area contributed by atoms with Gasteiger partial charge in [-0.15, -0.1) is 0 Å². The molecular weight excluding hydrogens is 204 g/mol. The second kappa shape index (κ2) is 7.44. The third-order valence-corrected chi connectivity index (χ3v) is 2.52. The van der Waals surface area contributed by atoms with Crippen LogP contribution in [0.5, 0.6) is 0 Å². The van der Waals surface area contributed by atoms with E-state index in [0.29, 0.717) is 6.61 Å². The van der Waals surface area contributed by atoms with Crippen molar-refractivity contribution in [2.45, 2.75) is 32.5 Å². The van der Waals surface area contributed by atoms with Crippen LogP contribution in [0.3, 0.4) is 0 Å². The largest absolute Gasteiger partial charge is 0.391 e. The third kappa shape index (κ3) is 4.79. The van der Waals surface area contributed by atoms with E-state index in [1.807, 2.05) is 0 Å². The molecule has 0 aliphatic rings. The van der Waals surface area contributed by atoms with Gasteiger partial charge in [0.2, 0.25) is 0 Å². The van der Waals surface area contributed by atoms with Gasteiger partial charge in [0.1, 0.15) is 0 Å². The van der Waals surface area contributed by atoms with E-state index in [0.717, 1.165) is 26.1 Å². The van der Waals surface area contributed by atoms with E-state index in [1.165, 1.54) is 5.56 Å². The second-order valence-electron chi connectivity index (χ2n) is 3.92. The average molecular weight is 226 g/mol. The van der Waals surface area contributed by atoms with Crippen LogP contribution in [0.2, 0.25) is 0 Å². The molecule has 1 aromatic rings. The molecule has 4 heteroatoms. The Balaban J connectivity index is 2.11. The highest BCUT2D eigenvalue weighted by Gasteiger charge is 2.02. The zero-order chi connectivity index (χ0) is 11.8. The molecule has 0 amide bonds. The number of aromatic nitrogens is 1. The van der Waals surface area contributed by atoms with Crippen molar-refractivity contribution in [1.82, 2.24) is 9.88 Å². The van der Waals surface area contributed by atoms with Gasteiger partial charge in [0.25, 0.3) is 0 Å². The monoisotopic (exact) mass is 226 g/mol. The van der Waals surface area contributed by atoms with E-state index < -0.39 is 0 Å². The second-order valence-corrected chi connectivity index (χ2v) is 3.92. The highest BCUT2D eigenvalue weighted by atomic mass is 16.5. The number of aliphatic hydroxyl groups is 1. The Morgan fingerprint density at radius 3 is 3.00 bits per heavy atom. The summed E-state index contributed by atoms with van der Waals surface area (Å²) in [5.41, 5.74) is 1.28. The standard InChI is InChI=1S/C12H22N2O2/c1-3-14-7-5-11(9-14)8-13-6-4-12(15)10-16-2/h5,7,9,12-13,15H,3-4,6,8,10H2,1-2H3. The lowest BCUT2D eigenvalue weighted by atomic mass is 10.2. The van der Waals surface area contributed by atoms with Gasteiger partial charge in [-0.1, -0.05) is 0 Å². The Labute approximate surface area is 97.2 Å². The number of nitrogens with zero attached hydrogens (tertiary/aromatic N) is 1. The van der Waals surface area contributed by atoms with Gasteiger partial charge >= 0.3 is 0 Å². The number of nitrogens with one attached hydrogen (secondary N) is 1. The third-order valence-electron chi connectivity index (χ3n) is 2.52. The smallest absolute Gasteiger partial charge is 0.0785 e. The molecule has 0 aromatic carbocycles. The van der Waals surface area contributed by atoms with Gasteiger partial charge in [-0.25, -0.2) is 0 Å². The van der Waals surface area contributed by atoms with E-state index in [9.17, 15) is 5.11 Å². The van der Waals surface area contributed by atoms with Gasteiger partial charge in [0.15, 0.2) is 0 Å². The topological polar surface area (TPSA) is 46.4 Å².